The third-order valence-corrected chi connectivity index (χ3v) is 10.6. The van der Waals surface area contributed by atoms with Crippen LogP contribution in [0.15, 0.2) is 24.8 Å². The molecule has 0 aromatic carbocycles. The third kappa shape index (κ3) is 40.2. The highest BCUT2D eigenvalue weighted by Crippen LogP contribution is 2.43. The normalized spacial score (nSPS) is 13.6. The van der Waals surface area contributed by atoms with Crippen molar-refractivity contribution in [2.75, 3.05) is 47.5 Å². The van der Waals surface area contributed by atoms with Crippen LogP contribution in [0.4, 0.5) is 0 Å². The van der Waals surface area contributed by atoms with Gasteiger partial charge in [-0.25, -0.2) is 4.57 Å². The number of carbonyl (C=O) groups is 2. The Hall–Kier alpha value is -1.51. The molecule has 9 nitrogen and oxygen atoms in total. The summed E-state index contributed by atoms with van der Waals surface area (Å²) in [5.41, 5.74) is 0. The molecule has 0 aliphatic carbocycles. The second kappa shape index (κ2) is 37.1. The molecule has 0 saturated heterocycles. The highest BCUT2D eigenvalue weighted by atomic mass is 31.2. The molecular weight excluding hydrogens is 701 g/mol. The average Bonchev–Trinajstić information content (AvgIpc) is 3.12. The zero-order valence-electron chi connectivity index (χ0n) is 35.6. The fourth-order valence-corrected chi connectivity index (χ4v) is 6.85. The number of hydrogen-bond donors (Lipinski definition) is 1. The smallest absolute Gasteiger partial charge is 0.462 e. The van der Waals surface area contributed by atoms with Gasteiger partial charge in [-0.15, -0.1) is 6.58 Å². The molecule has 1 unspecified atom stereocenters. The van der Waals surface area contributed by atoms with E-state index in [0.29, 0.717) is 17.4 Å². The lowest BCUT2D eigenvalue weighted by Crippen LogP contribution is -2.37. The van der Waals surface area contributed by atoms with Crippen molar-refractivity contribution in [3.05, 3.63) is 24.8 Å². The summed E-state index contributed by atoms with van der Waals surface area (Å²) in [4.78, 5) is 35.3. The van der Waals surface area contributed by atoms with Gasteiger partial charge in [0.2, 0.25) is 0 Å². The quantitative estimate of drug-likeness (QED) is 0.0215. The van der Waals surface area contributed by atoms with Crippen LogP contribution in [0.3, 0.4) is 0 Å². The minimum Gasteiger partial charge on any atom is -0.462 e. The number of ether oxygens (including phenoxy) is 2. The second-order valence-corrected chi connectivity index (χ2v) is 17.6. The van der Waals surface area contributed by atoms with E-state index >= 15 is 0 Å². The molecule has 0 amide bonds. The Labute approximate surface area is 332 Å². The molecule has 1 N–H and O–H groups in total. The summed E-state index contributed by atoms with van der Waals surface area (Å²) in [6, 6.07) is 0. The maximum atomic E-state index is 12.7. The Bertz CT molecular complexity index is 967. The molecule has 0 fully saturated rings. The van der Waals surface area contributed by atoms with Crippen molar-refractivity contribution < 1.29 is 42.1 Å². The molecule has 0 rings (SSSR count). The monoisotopic (exact) mass is 787 g/mol. The third-order valence-electron chi connectivity index (χ3n) is 9.60. The maximum Gasteiger partial charge on any atom is 0.472 e. The molecule has 0 radical (unpaired) electrons. The fourth-order valence-electron chi connectivity index (χ4n) is 6.11. The highest BCUT2D eigenvalue weighted by molar-refractivity contribution is 7.47. The lowest BCUT2D eigenvalue weighted by atomic mass is 10.0. The number of unbranched alkanes of at least 4 members (excludes halogenated alkanes) is 24. The van der Waals surface area contributed by atoms with Gasteiger partial charge >= 0.3 is 19.8 Å². The summed E-state index contributed by atoms with van der Waals surface area (Å²) < 4.78 is 34.3. The number of carbonyl (C=O) groups excluding carboxylic acids is 2. The predicted molar refractivity (Wildman–Crippen MR) is 224 cm³/mol. The van der Waals surface area contributed by atoms with E-state index in [1.54, 1.807) is 0 Å². The number of allylic oxidation sites excluding steroid dienone is 3. The minimum atomic E-state index is -4.37. The van der Waals surface area contributed by atoms with Gasteiger partial charge in [-0.3, -0.25) is 18.6 Å². The summed E-state index contributed by atoms with van der Waals surface area (Å²) in [5, 5.41) is 0. The molecule has 0 aromatic heterocycles. The van der Waals surface area contributed by atoms with Crippen LogP contribution in [-0.2, 0) is 32.7 Å². The van der Waals surface area contributed by atoms with E-state index in [4.69, 9.17) is 18.5 Å². The Balaban J connectivity index is 4.35. The number of rotatable bonds is 41. The fraction of sp³-hybridized carbons (Fsp3) is 0.864. The van der Waals surface area contributed by atoms with Crippen molar-refractivity contribution in [3.63, 3.8) is 0 Å². The van der Waals surface area contributed by atoms with Gasteiger partial charge in [0.15, 0.2) is 6.10 Å². The number of hydrogen-bond acceptors (Lipinski definition) is 7. The van der Waals surface area contributed by atoms with Gasteiger partial charge in [0, 0.05) is 12.8 Å². The summed E-state index contributed by atoms with van der Waals surface area (Å²) >= 11 is 0. The molecule has 0 spiro atoms. The molecule has 54 heavy (non-hydrogen) atoms. The number of esters is 2. The van der Waals surface area contributed by atoms with Crippen LogP contribution in [0.25, 0.3) is 0 Å². The van der Waals surface area contributed by atoms with E-state index in [1.807, 2.05) is 27.2 Å². The SMILES string of the molecule is C=CCCCCCCCCCCCCCCCC(=O)OC[C@H](COP(=O)(O)OCC[N+](C)(C)C)OC(=O)CCCCC/C=C/CCCCCCCCCC. The number of likely N-dealkylation sites (N-methyl/N-ethyl adjacent to an activating group) is 1. The van der Waals surface area contributed by atoms with Gasteiger partial charge in [0.05, 0.1) is 27.7 Å². The summed E-state index contributed by atoms with van der Waals surface area (Å²) in [5.74, 6) is -0.815. The first-order valence-corrected chi connectivity index (χ1v) is 23.5. The van der Waals surface area contributed by atoms with Crippen LogP contribution in [0, 0.1) is 0 Å². The summed E-state index contributed by atoms with van der Waals surface area (Å²) in [6.07, 6.45) is 38.3. The van der Waals surface area contributed by atoms with E-state index in [9.17, 15) is 19.0 Å². The molecule has 318 valence electrons. The van der Waals surface area contributed by atoms with Gasteiger partial charge in [-0.2, -0.15) is 0 Å². The predicted octanol–water partition coefficient (Wildman–Crippen LogP) is 12.4. The van der Waals surface area contributed by atoms with Gasteiger partial charge in [0.1, 0.15) is 19.8 Å². The molecule has 0 aromatic rings. The van der Waals surface area contributed by atoms with Crippen molar-refractivity contribution in [1.29, 1.82) is 0 Å². The lowest BCUT2D eigenvalue weighted by Gasteiger charge is -2.24. The zero-order valence-corrected chi connectivity index (χ0v) is 36.4. The topological polar surface area (TPSA) is 108 Å². The van der Waals surface area contributed by atoms with Gasteiger partial charge in [-0.1, -0.05) is 147 Å². The van der Waals surface area contributed by atoms with Crippen molar-refractivity contribution in [2.45, 2.75) is 199 Å². The Morgan fingerprint density at radius 3 is 1.52 bits per heavy atom. The number of phosphoric acid groups is 1. The molecule has 0 saturated carbocycles. The summed E-state index contributed by atoms with van der Waals surface area (Å²) in [7, 11) is 1.47. The Morgan fingerprint density at radius 2 is 1.04 bits per heavy atom. The molecule has 10 heteroatoms. The van der Waals surface area contributed by atoms with E-state index in [0.717, 1.165) is 51.4 Å². The number of nitrogens with zero attached hydrogens (tertiary/aromatic N) is 1. The van der Waals surface area contributed by atoms with Crippen LogP contribution in [-0.4, -0.2) is 74.9 Å². The minimum absolute atomic E-state index is 0.0298. The zero-order chi connectivity index (χ0) is 40.0. The average molecular weight is 787 g/mol. The van der Waals surface area contributed by atoms with E-state index in [-0.39, 0.29) is 32.0 Å². The van der Waals surface area contributed by atoms with Crippen molar-refractivity contribution in [1.82, 2.24) is 0 Å². The largest absolute Gasteiger partial charge is 0.472 e. The van der Waals surface area contributed by atoms with E-state index in [1.165, 1.54) is 116 Å². The first kappa shape index (κ1) is 52.5. The standard InChI is InChI=1S/C44H84NO8P/c1-6-8-10-12-14-16-18-20-22-24-26-28-30-32-34-36-43(46)50-40-42(41-52-54(48,49)51-39-38-45(3,4)5)53-44(47)37-35-33-31-29-27-25-23-21-19-17-15-13-11-9-7-2/h6,25,27,42H,1,7-24,26,28-41H2,2-5H3/p+1/b27-25+/t42-/m1/s1. The van der Waals surface area contributed by atoms with Crippen LogP contribution in [0.5, 0.6) is 0 Å². The van der Waals surface area contributed by atoms with Crippen LogP contribution in [0.2, 0.25) is 0 Å². The van der Waals surface area contributed by atoms with Crippen molar-refractivity contribution in [2.24, 2.45) is 0 Å². The Morgan fingerprint density at radius 1 is 0.611 bits per heavy atom. The maximum absolute atomic E-state index is 12.7. The molecule has 0 bridgehead atoms. The number of quaternary nitrogens is 1. The molecular formula is C44H85NO8P+. The van der Waals surface area contributed by atoms with Gasteiger partial charge in [-0.05, 0) is 51.4 Å². The first-order chi connectivity index (χ1) is 26.0. The Kier molecular flexibility index (Phi) is 36.1. The van der Waals surface area contributed by atoms with Crippen molar-refractivity contribution >= 4 is 19.8 Å². The molecule has 0 heterocycles. The van der Waals surface area contributed by atoms with Gasteiger partial charge in [0.25, 0.3) is 0 Å². The molecule has 2 atom stereocenters. The second-order valence-electron chi connectivity index (χ2n) is 16.2. The van der Waals surface area contributed by atoms with Crippen LogP contribution >= 0.6 is 7.82 Å². The molecule has 0 aliphatic rings. The van der Waals surface area contributed by atoms with E-state index in [2.05, 4.69) is 25.7 Å². The van der Waals surface area contributed by atoms with Crippen LogP contribution < -0.4 is 0 Å². The number of phosphoric ester groups is 1. The van der Waals surface area contributed by atoms with E-state index < -0.39 is 26.5 Å². The van der Waals surface area contributed by atoms with Gasteiger partial charge < -0.3 is 18.9 Å². The van der Waals surface area contributed by atoms with Crippen LogP contribution in [0.1, 0.15) is 193 Å². The lowest BCUT2D eigenvalue weighted by molar-refractivity contribution is -0.870. The molecule has 0 aliphatic heterocycles. The summed E-state index contributed by atoms with van der Waals surface area (Å²) in [6.45, 7) is 5.93. The van der Waals surface area contributed by atoms with Crippen molar-refractivity contribution in [3.8, 4) is 0 Å². The first-order valence-electron chi connectivity index (χ1n) is 22.0. The highest BCUT2D eigenvalue weighted by Gasteiger charge is 2.27.